The van der Waals surface area contributed by atoms with E-state index in [1.54, 1.807) is 0 Å². The number of nitrogen functional groups attached to an aromatic ring is 2. The minimum atomic E-state index is -1.59. The van der Waals surface area contributed by atoms with Crippen LogP contribution in [0.25, 0.3) is 0 Å². The van der Waals surface area contributed by atoms with Crippen molar-refractivity contribution in [1.29, 1.82) is 0 Å². The first-order valence-corrected chi connectivity index (χ1v) is 11.2. The lowest BCUT2D eigenvalue weighted by Gasteiger charge is -2.24. The predicted octanol–water partition coefficient (Wildman–Crippen LogP) is -1.40. The van der Waals surface area contributed by atoms with E-state index in [0.29, 0.717) is 4.90 Å². The highest BCUT2D eigenvalue weighted by atomic mass is 16.4. The van der Waals surface area contributed by atoms with Crippen LogP contribution >= 0.6 is 0 Å². The van der Waals surface area contributed by atoms with Crippen molar-refractivity contribution in [3.63, 3.8) is 0 Å². The summed E-state index contributed by atoms with van der Waals surface area (Å²) in [6.07, 6.45) is -0.624. The van der Waals surface area contributed by atoms with Crippen molar-refractivity contribution >= 4 is 65.2 Å². The molecule has 2 rings (SSSR count). The van der Waals surface area contributed by atoms with E-state index in [-0.39, 0.29) is 41.8 Å². The highest BCUT2D eigenvalue weighted by Gasteiger charge is 2.28. The lowest BCUT2D eigenvalue weighted by molar-refractivity contribution is -0.143. The van der Waals surface area contributed by atoms with Gasteiger partial charge in [-0.15, -0.1) is 0 Å². The molecule has 0 saturated heterocycles. The number of rotatable bonds is 14. The van der Waals surface area contributed by atoms with Gasteiger partial charge in [-0.2, -0.15) is 4.98 Å². The smallest absolute Gasteiger partial charge is 0.326 e. The molecule has 4 amide bonds. The first-order chi connectivity index (χ1) is 18.8. The number of carbonyl (C=O) groups excluding carboxylic acids is 3. The zero-order valence-electron chi connectivity index (χ0n) is 20.5. The Labute approximate surface area is 223 Å². The molecule has 2 atom stereocenters. The van der Waals surface area contributed by atoms with E-state index < -0.39 is 66.8 Å². The number of aromatic amines is 1. The molecule has 19 heteroatoms. The van der Waals surface area contributed by atoms with Crippen LogP contribution in [0.4, 0.5) is 33.8 Å². The quantitative estimate of drug-likeness (QED) is 0.119. The number of carboxylic acids is 3. The van der Waals surface area contributed by atoms with Gasteiger partial charge < -0.3 is 37.4 Å². The summed E-state index contributed by atoms with van der Waals surface area (Å²) in [5, 5.41) is 34.1. The average Bonchev–Trinajstić information content (AvgIpc) is 2.86. The molecular weight excluding hydrogens is 538 g/mol. The number of aromatic nitrogens is 3. The van der Waals surface area contributed by atoms with Gasteiger partial charge in [0.1, 0.15) is 17.9 Å². The topological polar surface area (TPSA) is 313 Å². The largest absolute Gasteiger partial charge is 0.481 e. The van der Waals surface area contributed by atoms with Crippen LogP contribution in [0.15, 0.2) is 23.1 Å². The maximum atomic E-state index is 12.2. The number of nitrogens with two attached hydrogens (primary N) is 2. The number of hydrogen-bond acceptors (Lipinski definition) is 11. The summed E-state index contributed by atoms with van der Waals surface area (Å²) in [4.78, 5) is 92.1. The first-order valence-electron chi connectivity index (χ1n) is 11.2. The number of pyridine rings is 1. The Morgan fingerprint density at radius 3 is 2.25 bits per heavy atom. The molecule has 0 aliphatic rings. The number of carboxylic acid groups (broad SMARTS) is 3. The Morgan fingerprint density at radius 1 is 1.02 bits per heavy atom. The van der Waals surface area contributed by atoms with E-state index in [4.69, 9.17) is 21.7 Å². The van der Waals surface area contributed by atoms with Crippen molar-refractivity contribution in [2.24, 2.45) is 0 Å². The molecule has 0 bridgehead atoms. The number of carbonyl (C=O) groups is 6. The van der Waals surface area contributed by atoms with E-state index in [1.807, 2.05) is 0 Å². The second kappa shape index (κ2) is 13.7. The third-order valence-corrected chi connectivity index (χ3v) is 5.13. The number of H-pyrrole nitrogens is 1. The van der Waals surface area contributed by atoms with Crippen LogP contribution in [-0.4, -0.2) is 78.6 Å². The molecule has 2 aromatic rings. The third kappa shape index (κ3) is 8.68. The lowest BCUT2D eigenvalue weighted by Crippen LogP contribution is -2.44. The number of aliphatic carboxylic acids is 3. The van der Waals surface area contributed by atoms with Crippen LogP contribution in [-0.2, 0) is 24.0 Å². The van der Waals surface area contributed by atoms with Gasteiger partial charge in [0.2, 0.25) is 18.3 Å². The average molecular weight is 563 g/mol. The van der Waals surface area contributed by atoms with E-state index in [9.17, 15) is 38.7 Å². The molecule has 19 nitrogen and oxygen atoms in total. The molecule has 0 unspecified atom stereocenters. The van der Waals surface area contributed by atoms with Crippen LogP contribution in [0.1, 0.15) is 25.7 Å². The number of urea groups is 1. The fraction of sp³-hybridized carbons (Fsp3) is 0.286. The van der Waals surface area contributed by atoms with E-state index in [1.165, 1.54) is 12.1 Å². The monoisotopic (exact) mass is 563 g/mol. The number of nitrogens with zero attached hydrogens (tertiary/aromatic N) is 3. The Bertz CT molecular complexity index is 1350. The molecule has 0 aromatic carbocycles. The van der Waals surface area contributed by atoms with Gasteiger partial charge in [-0.3, -0.25) is 34.4 Å². The van der Waals surface area contributed by atoms with Crippen LogP contribution in [0.5, 0.6) is 0 Å². The molecule has 40 heavy (non-hydrogen) atoms. The minimum absolute atomic E-state index is 0.0674. The van der Waals surface area contributed by atoms with Gasteiger partial charge in [-0.1, -0.05) is 0 Å². The Morgan fingerprint density at radius 2 is 1.73 bits per heavy atom. The van der Waals surface area contributed by atoms with Crippen molar-refractivity contribution in [3.05, 3.63) is 28.7 Å². The van der Waals surface area contributed by atoms with Gasteiger partial charge in [0.15, 0.2) is 11.5 Å². The Hall–Kier alpha value is -5.75. The highest BCUT2D eigenvalue weighted by molar-refractivity contribution is 6.01. The molecule has 0 aliphatic carbocycles. The fourth-order valence-electron chi connectivity index (χ4n) is 3.25. The van der Waals surface area contributed by atoms with Crippen LogP contribution < -0.4 is 37.9 Å². The number of anilines is 5. The van der Waals surface area contributed by atoms with Crippen molar-refractivity contribution in [2.45, 2.75) is 37.8 Å². The second-order valence-corrected chi connectivity index (χ2v) is 7.99. The number of hydrogen-bond donors (Lipinski definition) is 9. The minimum Gasteiger partial charge on any atom is -0.481 e. The van der Waals surface area contributed by atoms with Crippen molar-refractivity contribution in [1.82, 2.24) is 20.3 Å². The third-order valence-electron chi connectivity index (χ3n) is 5.13. The SMILES string of the molecule is Nc1nc(N)c(NC(=O)Nc2ccc(N(C=O)[C@@H](CCC(=O)N[C@H](CCC(=O)O)C(=O)O)C(=O)O)nc2)c(=O)[nH]1. The number of amides is 4. The standard InChI is InChI=1S/C21H25N9O10/c22-16-15(17(35)29-20(23)28-16)27-21(40)25-9-1-4-12(24-7-9)30(8-31)11(19(38)39)3-5-13(32)26-10(18(36)37)2-6-14(33)34/h1,4,7-8,10-11H,2-3,5-6H2,(H,26,32)(H,33,34)(H,36,37)(H,38,39)(H2,25,27,40)(H5,22,23,28,29,35)/t10-,11+/m1/s1. The molecule has 0 radical (unpaired) electrons. The summed E-state index contributed by atoms with van der Waals surface area (Å²) in [6.45, 7) is 0. The summed E-state index contributed by atoms with van der Waals surface area (Å²) in [5.41, 5.74) is 9.81. The maximum absolute atomic E-state index is 12.2. The lowest BCUT2D eigenvalue weighted by atomic mass is 10.1. The maximum Gasteiger partial charge on any atom is 0.326 e. The molecule has 2 aromatic heterocycles. The normalized spacial score (nSPS) is 11.9. The zero-order valence-corrected chi connectivity index (χ0v) is 20.5. The second-order valence-electron chi connectivity index (χ2n) is 7.99. The summed E-state index contributed by atoms with van der Waals surface area (Å²) < 4.78 is 0. The van der Waals surface area contributed by atoms with Crippen LogP contribution in [0.2, 0.25) is 0 Å². The molecule has 0 aliphatic heterocycles. The van der Waals surface area contributed by atoms with Gasteiger partial charge in [-0.05, 0) is 25.0 Å². The fourth-order valence-corrected chi connectivity index (χ4v) is 3.25. The highest BCUT2D eigenvalue weighted by Crippen LogP contribution is 2.19. The van der Waals surface area contributed by atoms with E-state index in [0.717, 1.165) is 6.20 Å². The van der Waals surface area contributed by atoms with Crippen molar-refractivity contribution in [3.8, 4) is 0 Å². The number of nitrogens with one attached hydrogen (secondary N) is 4. The molecule has 2 heterocycles. The Kier molecular flexibility index (Phi) is 10.4. The summed E-state index contributed by atoms with van der Waals surface area (Å²) >= 11 is 0. The van der Waals surface area contributed by atoms with Gasteiger partial charge in [0, 0.05) is 12.8 Å². The summed E-state index contributed by atoms with van der Waals surface area (Å²) in [6, 6.07) is -1.55. The molecule has 0 spiro atoms. The van der Waals surface area contributed by atoms with Gasteiger partial charge in [0.05, 0.1) is 11.9 Å². The van der Waals surface area contributed by atoms with Crippen LogP contribution in [0, 0.1) is 0 Å². The van der Waals surface area contributed by atoms with Gasteiger partial charge in [0.25, 0.3) is 5.56 Å². The predicted molar refractivity (Wildman–Crippen MR) is 136 cm³/mol. The Balaban J connectivity index is 2.05. The van der Waals surface area contributed by atoms with E-state index >= 15 is 0 Å². The molecule has 11 N–H and O–H groups in total. The molecule has 0 fully saturated rings. The summed E-state index contributed by atoms with van der Waals surface area (Å²) in [5.74, 6) is -5.85. The molecule has 214 valence electrons. The zero-order chi connectivity index (χ0) is 30.0. The van der Waals surface area contributed by atoms with Crippen molar-refractivity contribution in [2.75, 3.05) is 27.0 Å². The van der Waals surface area contributed by atoms with Gasteiger partial charge in [-0.25, -0.2) is 19.4 Å². The molecular formula is C21H25N9O10. The van der Waals surface area contributed by atoms with Gasteiger partial charge >= 0.3 is 23.9 Å². The van der Waals surface area contributed by atoms with Crippen molar-refractivity contribution < 1.29 is 44.1 Å². The first kappa shape index (κ1) is 30.5. The van der Waals surface area contributed by atoms with E-state index in [2.05, 4.69) is 30.9 Å². The molecule has 0 saturated carbocycles. The van der Waals surface area contributed by atoms with Crippen LogP contribution in [0.3, 0.4) is 0 Å². The summed E-state index contributed by atoms with van der Waals surface area (Å²) in [7, 11) is 0.